The molecule has 3 saturated carbocycles. The highest BCUT2D eigenvalue weighted by molar-refractivity contribution is 6.02. The topological polar surface area (TPSA) is 132 Å². The van der Waals surface area contributed by atoms with Gasteiger partial charge in [0.1, 0.15) is 17.9 Å². The summed E-state index contributed by atoms with van der Waals surface area (Å²) in [7, 11) is 1.52. The Morgan fingerprint density at radius 3 is 2.79 bits per heavy atom. The summed E-state index contributed by atoms with van der Waals surface area (Å²) in [5.41, 5.74) is 0.938. The van der Waals surface area contributed by atoms with Gasteiger partial charge < -0.3 is 24.8 Å². The van der Waals surface area contributed by atoms with Crippen LogP contribution in [0.15, 0.2) is 12.1 Å². The van der Waals surface area contributed by atoms with Crippen LogP contribution in [-0.4, -0.2) is 56.3 Å². The van der Waals surface area contributed by atoms with Crippen molar-refractivity contribution in [2.75, 3.05) is 11.9 Å². The minimum Gasteiger partial charge on any atom is -0.444 e. The molecule has 2 bridgehead atoms. The third-order valence-corrected chi connectivity index (χ3v) is 6.46. The zero-order chi connectivity index (χ0) is 24.1. The SMILES string of the molecule is Cn1nc(COC(C)(F)F)cc1C(=O)Nc1cc([C@@H]2C[C@H](OC(=O)NC34CC(C3)C4)CO2)[nH]n1. The molecule has 4 fully saturated rings. The summed E-state index contributed by atoms with van der Waals surface area (Å²) in [4.78, 5) is 24.7. The first-order valence-corrected chi connectivity index (χ1v) is 11.1. The second-order valence-corrected chi connectivity index (χ2v) is 9.37. The number of amides is 2. The van der Waals surface area contributed by atoms with Gasteiger partial charge in [-0.2, -0.15) is 19.0 Å². The Hall–Kier alpha value is -3.06. The summed E-state index contributed by atoms with van der Waals surface area (Å²) in [6.45, 7) is 0.469. The second kappa shape index (κ2) is 8.31. The maximum absolute atomic E-state index is 12.9. The van der Waals surface area contributed by atoms with Crippen LogP contribution in [-0.2, 0) is 27.9 Å². The second-order valence-electron chi connectivity index (χ2n) is 9.37. The van der Waals surface area contributed by atoms with Gasteiger partial charge in [0.15, 0.2) is 5.82 Å². The van der Waals surface area contributed by atoms with Crippen molar-refractivity contribution in [2.45, 2.75) is 63.1 Å². The number of nitrogens with zero attached hydrogens (tertiary/aromatic N) is 3. The van der Waals surface area contributed by atoms with Gasteiger partial charge in [-0.1, -0.05) is 0 Å². The molecule has 0 aromatic carbocycles. The Morgan fingerprint density at radius 1 is 1.35 bits per heavy atom. The van der Waals surface area contributed by atoms with E-state index in [1.54, 1.807) is 6.07 Å². The molecule has 4 aliphatic rings. The van der Waals surface area contributed by atoms with Gasteiger partial charge in [-0.3, -0.25) is 14.6 Å². The van der Waals surface area contributed by atoms with E-state index in [-0.39, 0.29) is 41.6 Å². The minimum atomic E-state index is -3.29. The average molecular weight is 480 g/mol. The molecule has 1 saturated heterocycles. The summed E-state index contributed by atoms with van der Waals surface area (Å²) >= 11 is 0. The van der Waals surface area contributed by atoms with E-state index in [9.17, 15) is 18.4 Å². The third kappa shape index (κ3) is 4.75. The van der Waals surface area contributed by atoms with Crippen LogP contribution in [0.3, 0.4) is 0 Å². The first kappa shape index (κ1) is 22.7. The van der Waals surface area contributed by atoms with Crippen LogP contribution in [0.2, 0.25) is 0 Å². The maximum Gasteiger partial charge on any atom is 0.407 e. The van der Waals surface area contributed by atoms with Gasteiger partial charge in [-0.15, -0.1) is 0 Å². The van der Waals surface area contributed by atoms with Crippen molar-refractivity contribution in [2.24, 2.45) is 13.0 Å². The third-order valence-electron chi connectivity index (χ3n) is 6.46. The number of halogens is 2. The van der Waals surface area contributed by atoms with E-state index >= 15 is 0 Å². The molecule has 3 aliphatic carbocycles. The largest absolute Gasteiger partial charge is 0.444 e. The number of alkyl halides is 2. The minimum absolute atomic E-state index is 0.0418. The number of hydrogen-bond acceptors (Lipinski definition) is 7. The van der Waals surface area contributed by atoms with Gasteiger partial charge in [-0.05, 0) is 31.2 Å². The standard InChI is InChI=1S/C21H26F2N6O5/c1-20(22,23)33-9-12-3-15(29(2)28-12)18(30)24-17-5-14(26-27-17)16-4-13(10-32-16)34-19(31)25-21-6-11(7-21)8-21/h3,5,11,13,16H,4,6-10H2,1-2H3,(H,25,31)(H2,24,26,27,30)/t11?,13-,16-,21?/m0/s1. The number of carbonyl (C=O) groups is 2. The molecule has 6 rings (SSSR count). The lowest BCUT2D eigenvalue weighted by atomic mass is 9.50. The summed E-state index contributed by atoms with van der Waals surface area (Å²) in [6, 6.07) is 3.00. The highest BCUT2D eigenvalue weighted by Gasteiger charge is 2.57. The Bertz CT molecular complexity index is 1080. The molecule has 184 valence electrons. The van der Waals surface area contributed by atoms with Crippen LogP contribution >= 0.6 is 0 Å². The van der Waals surface area contributed by atoms with E-state index in [4.69, 9.17) is 9.47 Å². The van der Waals surface area contributed by atoms with E-state index in [0.717, 1.165) is 25.2 Å². The Kier molecular flexibility index (Phi) is 5.55. The summed E-state index contributed by atoms with van der Waals surface area (Å²) in [6.07, 6.45) is -0.852. The quantitative estimate of drug-likeness (QED) is 0.529. The van der Waals surface area contributed by atoms with Gasteiger partial charge in [0.2, 0.25) is 0 Å². The van der Waals surface area contributed by atoms with Crippen molar-refractivity contribution in [3.63, 3.8) is 0 Å². The number of alkyl carbamates (subject to hydrolysis) is 1. The van der Waals surface area contributed by atoms with E-state index < -0.39 is 24.7 Å². The number of ether oxygens (including phenoxy) is 3. The summed E-state index contributed by atoms with van der Waals surface area (Å²) in [5, 5.41) is 16.5. The molecule has 34 heavy (non-hydrogen) atoms. The van der Waals surface area contributed by atoms with Crippen LogP contribution in [0.4, 0.5) is 19.4 Å². The van der Waals surface area contributed by atoms with Crippen LogP contribution in [0.1, 0.15) is 60.6 Å². The first-order valence-electron chi connectivity index (χ1n) is 11.1. The maximum atomic E-state index is 12.9. The molecule has 13 heteroatoms. The number of aromatic nitrogens is 4. The van der Waals surface area contributed by atoms with Crippen molar-refractivity contribution in [1.29, 1.82) is 0 Å². The van der Waals surface area contributed by atoms with E-state index in [0.29, 0.717) is 19.0 Å². The average Bonchev–Trinajstić information content (AvgIpc) is 3.41. The molecule has 2 amide bonds. The number of rotatable bonds is 8. The number of hydrogen-bond donors (Lipinski definition) is 3. The van der Waals surface area contributed by atoms with Gasteiger partial charge in [-0.25, -0.2) is 4.79 Å². The van der Waals surface area contributed by atoms with Gasteiger partial charge in [0, 0.05) is 32.0 Å². The fourth-order valence-corrected chi connectivity index (χ4v) is 4.68. The van der Waals surface area contributed by atoms with Gasteiger partial charge in [0.05, 0.1) is 24.6 Å². The Morgan fingerprint density at radius 2 is 2.12 bits per heavy atom. The predicted molar refractivity (Wildman–Crippen MR) is 112 cm³/mol. The molecule has 11 nitrogen and oxygen atoms in total. The molecule has 1 aliphatic heterocycles. The number of H-pyrrole nitrogens is 1. The van der Waals surface area contributed by atoms with Crippen LogP contribution in [0, 0.1) is 5.92 Å². The summed E-state index contributed by atoms with van der Waals surface area (Å²) < 4.78 is 42.7. The smallest absolute Gasteiger partial charge is 0.407 e. The fourth-order valence-electron chi connectivity index (χ4n) is 4.68. The van der Waals surface area contributed by atoms with Crippen LogP contribution in [0.5, 0.6) is 0 Å². The van der Waals surface area contributed by atoms with Crippen molar-refractivity contribution in [3.8, 4) is 0 Å². The summed E-state index contributed by atoms with van der Waals surface area (Å²) in [5.74, 6) is 0.507. The van der Waals surface area contributed by atoms with Crippen LogP contribution in [0.25, 0.3) is 0 Å². The highest BCUT2D eigenvalue weighted by atomic mass is 19.3. The molecule has 0 unspecified atom stereocenters. The molecular formula is C21H26F2N6O5. The lowest BCUT2D eigenvalue weighted by Crippen LogP contribution is -2.68. The molecular weight excluding hydrogens is 454 g/mol. The van der Waals surface area contributed by atoms with E-state index in [1.807, 2.05) is 0 Å². The lowest BCUT2D eigenvalue weighted by molar-refractivity contribution is -0.231. The molecule has 2 aromatic rings. The predicted octanol–water partition coefficient (Wildman–Crippen LogP) is 2.63. The Balaban J connectivity index is 1.12. The normalized spacial score (nSPS) is 27.6. The number of anilines is 1. The number of aromatic amines is 1. The number of carbonyl (C=O) groups excluding carboxylic acids is 2. The zero-order valence-corrected chi connectivity index (χ0v) is 18.8. The first-order chi connectivity index (χ1) is 16.1. The van der Waals surface area contributed by atoms with E-state index in [1.165, 1.54) is 17.8 Å². The molecule has 2 atom stereocenters. The Labute approximate surface area is 193 Å². The van der Waals surface area contributed by atoms with Gasteiger partial charge >= 0.3 is 12.2 Å². The van der Waals surface area contributed by atoms with E-state index in [2.05, 4.69) is 30.7 Å². The fraction of sp³-hybridized carbons (Fsp3) is 0.619. The lowest BCUT2D eigenvalue weighted by Gasteiger charge is -2.61. The molecule has 3 N–H and O–H groups in total. The van der Waals surface area contributed by atoms with Crippen molar-refractivity contribution >= 4 is 17.8 Å². The van der Waals surface area contributed by atoms with Gasteiger partial charge in [0.25, 0.3) is 5.91 Å². The molecule has 2 aromatic heterocycles. The monoisotopic (exact) mass is 480 g/mol. The number of aryl methyl sites for hydroxylation is 1. The van der Waals surface area contributed by atoms with Crippen molar-refractivity contribution in [3.05, 3.63) is 29.2 Å². The highest BCUT2D eigenvalue weighted by Crippen LogP contribution is 2.56. The van der Waals surface area contributed by atoms with Crippen molar-refractivity contribution in [1.82, 2.24) is 25.3 Å². The molecule has 0 spiro atoms. The van der Waals surface area contributed by atoms with Crippen molar-refractivity contribution < 1.29 is 32.6 Å². The molecule has 0 radical (unpaired) electrons. The number of nitrogens with one attached hydrogen (secondary N) is 3. The molecule has 3 heterocycles. The van der Waals surface area contributed by atoms with Crippen LogP contribution < -0.4 is 10.6 Å². The zero-order valence-electron chi connectivity index (χ0n) is 18.8.